The lowest BCUT2D eigenvalue weighted by Gasteiger charge is -2.03. The number of nitrogens with one attached hydrogen (secondary N) is 1. The van der Waals surface area contributed by atoms with Crippen molar-refractivity contribution < 1.29 is 4.79 Å². The fourth-order valence-electron chi connectivity index (χ4n) is 1.29. The molecule has 2 rings (SSSR count). The summed E-state index contributed by atoms with van der Waals surface area (Å²) >= 11 is 0. The molecule has 2 amide bonds. The van der Waals surface area contributed by atoms with E-state index in [-0.39, 0.29) is 6.04 Å². The van der Waals surface area contributed by atoms with E-state index in [0.29, 0.717) is 5.84 Å². The summed E-state index contributed by atoms with van der Waals surface area (Å²) < 4.78 is 0. The molecular weight excluding hydrogens is 144 g/mol. The monoisotopic (exact) mass is 152 g/mol. The van der Waals surface area contributed by atoms with Crippen molar-refractivity contribution in [2.45, 2.75) is 18.9 Å². The summed E-state index contributed by atoms with van der Waals surface area (Å²) in [6.07, 6.45) is 2.12. The van der Waals surface area contributed by atoms with Crippen LogP contribution in [0.1, 0.15) is 12.8 Å². The van der Waals surface area contributed by atoms with Crippen molar-refractivity contribution in [1.82, 2.24) is 5.32 Å². The first-order valence-corrected chi connectivity index (χ1v) is 3.64. The van der Waals surface area contributed by atoms with Gasteiger partial charge >= 0.3 is 6.03 Å². The van der Waals surface area contributed by atoms with E-state index in [4.69, 9.17) is 0 Å². The largest absolute Gasteiger partial charge is 0.387 e. The van der Waals surface area contributed by atoms with Gasteiger partial charge in [-0.2, -0.15) is 4.99 Å². The first-order valence-electron chi connectivity index (χ1n) is 3.64. The summed E-state index contributed by atoms with van der Waals surface area (Å²) in [5.74, 6) is 0.549. The minimum atomic E-state index is -0.478. The normalized spacial score (nSPS) is 29.6. The Labute approximate surface area is 63.6 Å². The summed E-state index contributed by atoms with van der Waals surface area (Å²) in [4.78, 5) is 14.2. The van der Waals surface area contributed by atoms with Crippen molar-refractivity contribution in [2.75, 3.05) is 6.54 Å². The second-order valence-corrected chi connectivity index (χ2v) is 2.60. The van der Waals surface area contributed by atoms with Crippen molar-refractivity contribution in [1.29, 1.82) is 0 Å². The minimum absolute atomic E-state index is 0.158. The lowest BCUT2D eigenvalue weighted by Crippen LogP contribution is -2.28. The van der Waals surface area contributed by atoms with Gasteiger partial charge in [-0.25, -0.2) is 4.79 Å². The molecule has 0 aliphatic carbocycles. The number of carbonyl (C=O) groups is 1. The summed E-state index contributed by atoms with van der Waals surface area (Å²) in [6, 6.07) is -0.320. The van der Waals surface area contributed by atoms with Crippen molar-refractivity contribution in [2.24, 2.45) is 15.2 Å². The van der Waals surface area contributed by atoms with Crippen LogP contribution in [0.5, 0.6) is 0 Å². The van der Waals surface area contributed by atoms with Crippen LogP contribution in [-0.4, -0.2) is 24.5 Å². The fourth-order valence-corrected chi connectivity index (χ4v) is 1.29. The van der Waals surface area contributed by atoms with Crippen molar-refractivity contribution in [3.63, 3.8) is 0 Å². The van der Waals surface area contributed by atoms with E-state index in [1.165, 1.54) is 0 Å². The molecule has 1 saturated heterocycles. The van der Waals surface area contributed by atoms with Crippen molar-refractivity contribution in [3.8, 4) is 0 Å². The predicted molar refractivity (Wildman–Crippen MR) is 38.7 cm³/mol. The van der Waals surface area contributed by atoms with E-state index in [2.05, 4.69) is 20.5 Å². The maximum Gasteiger partial charge on any atom is 0.387 e. The van der Waals surface area contributed by atoms with Crippen LogP contribution in [0.25, 0.3) is 0 Å². The minimum Gasteiger partial charge on any atom is -0.307 e. The molecule has 0 spiro atoms. The zero-order chi connectivity index (χ0) is 7.68. The third kappa shape index (κ3) is 1.19. The molecule has 2 heterocycles. The number of amides is 2. The van der Waals surface area contributed by atoms with Crippen LogP contribution in [0.3, 0.4) is 0 Å². The number of amidine groups is 1. The SMILES string of the molecule is O=C1N=NC(C2CCCN2)=N1. The molecule has 0 aromatic rings. The second kappa shape index (κ2) is 2.50. The molecule has 58 valence electrons. The van der Waals surface area contributed by atoms with Gasteiger partial charge in [0.05, 0.1) is 6.04 Å². The second-order valence-electron chi connectivity index (χ2n) is 2.60. The van der Waals surface area contributed by atoms with Gasteiger partial charge < -0.3 is 5.32 Å². The van der Waals surface area contributed by atoms with Gasteiger partial charge in [-0.05, 0) is 19.4 Å². The molecule has 1 N–H and O–H groups in total. The zero-order valence-corrected chi connectivity index (χ0v) is 5.95. The quantitative estimate of drug-likeness (QED) is 0.601. The Balaban J connectivity index is 2.10. The molecule has 11 heavy (non-hydrogen) atoms. The molecule has 1 atom stereocenters. The van der Waals surface area contributed by atoms with Crippen LogP contribution in [0.2, 0.25) is 0 Å². The Bertz CT molecular complexity index is 239. The van der Waals surface area contributed by atoms with Gasteiger partial charge in [-0.15, -0.1) is 5.11 Å². The predicted octanol–water partition coefficient (Wildman–Crippen LogP) is 0.723. The maximum atomic E-state index is 10.5. The number of urea groups is 1. The highest BCUT2D eigenvalue weighted by molar-refractivity contribution is 6.01. The molecule has 5 nitrogen and oxygen atoms in total. The standard InChI is InChI=1S/C6H8N4O/c11-6-8-5(9-10-6)4-2-1-3-7-4/h4,7H,1-3H2. The van der Waals surface area contributed by atoms with E-state index in [0.717, 1.165) is 19.4 Å². The molecule has 0 bridgehead atoms. The molecule has 0 aromatic carbocycles. The molecule has 1 fully saturated rings. The maximum absolute atomic E-state index is 10.5. The number of aliphatic imine (C=N–C) groups is 1. The molecule has 0 saturated carbocycles. The van der Waals surface area contributed by atoms with E-state index in [1.54, 1.807) is 0 Å². The first kappa shape index (κ1) is 6.60. The Morgan fingerprint density at radius 2 is 2.36 bits per heavy atom. The third-order valence-electron chi connectivity index (χ3n) is 1.82. The Morgan fingerprint density at radius 3 is 2.91 bits per heavy atom. The topological polar surface area (TPSA) is 66.2 Å². The van der Waals surface area contributed by atoms with Gasteiger partial charge in [0, 0.05) is 0 Å². The lowest BCUT2D eigenvalue weighted by molar-refractivity contribution is 0.257. The molecular formula is C6H8N4O. The van der Waals surface area contributed by atoms with E-state index in [1.807, 2.05) is 0 Å². The van der Waals surface area contributed by atoms with Crippen molar-refractivity contribution in [3.05, 3.63) is 0 Å². The molecule has 2 aliphatic heterocycles. The Morgan fingerprint density at radius 1 is 1.45 bits per heavy atom. The number of hydrogen-bond donors (Lipinski definition) is 1. The number of carbonyl (C=O) groups excluding carboxylic acids is 1. The molecule has 1 unspecified atom stereocenters. The van der Waals surface area contributed by atoms with Crippen LogP contribution in [0.15, 0.2) is 15.2 Å². The number of nitrogens with zero attached hydrogens (tertiary/aromatic N) is 3. The van der Waals surface area contributed by atoms with Gasteiger partial charge in [0.15, 0.2) is 5.84 Å². The smallest absolute Gasteiger partial charge is 0.307 e. The van der Waals surface area contributed by atoms with E-state index >= 15 is 0 Å². The number of hydrogen-bond acceptors (Lipinski definition) is 3. The summed E-state index contributed by atoms with van der Waals surface area (Å²) in [5, 5.41) is 10.1. The first-order chi connectivity index (χ1) is 5.36. The highest BCUT2D eigenvalue weighted by Crippen LogP contribution is 2.11. The number of rotatable bonds is 1. The summed E-state index contributed by atoms with van der Waals surface area (Å²) in [5.41, 5.74) is 0. The Kier molecular flexibility index (Phi) is 1.50. The van der Waals surface area contributed by atoms with Crippen LogP contribution < -0.4 is 5.32 Å². The van der Waals surface area contributed by atoms with Crippen LogP contribution in [0.4, 0.5) is 4.79 Å². The highest BCUT2D eigenvalue weighted by atomic mass is 16.2. The molecule has 2 aliphatic rings. The highest BCUT2D eigenvalue weighted by Gasteiger charge is 2.23. The fraction of sp³-hybridized carbons (Fsp3) is 0.667. The van der Waals surface area contributed by atoms with Gasteiger partial charge in [0.25, 0.3) is 0 Å². The summed E-state index contributed by atoms with van der Waals surface area (Å²) in [7, 11) is 0. The van der Waals surface area contributed by atoms with Gasteiger partial charge in [0.1, 0.15) is 0 Å². The molecule has 0 aromatic heterocycles. The Hall–Kier alpha value is -1.10. The van der Waals surface area contributed by atoms with Crippen LogP contribution in [0, 0.1) is 0 Å². The van der Waals surface area contributed by atoms with Gasteiger partial charge in [-0.3, -0.25) is 0 Å². The average Bonchev–Trinajstić information content (AvgIpc) is 2.55. The lowest BCUT2D eigenvalue weighted by atomic mass is 10.2. The summed E-state index contributed by atoms with van der Waals surface area (Å²) in [6.45, 7) is 0.980. The van der Waals surface area contributed by atoms with Crippen LogP contribution >= 0.6 is 0 Å². The third-order valence-corrected chi connectivity index (χ3v) is 1.82. The molecule has 5 heteroatoms. The van der Waals surface area contributed by atoms with Gasteiger partial charge in [0.2, 0.25) is 0 Å². The average molecular weight is 152 g/mol. The zero-order valence-electron chi connectivity index (χ0n) is 5.95. The number of azo groups is 1. The van der Waals surface area contributed by atoms with E-state index < -0.39 is 6.03 Å². The van der Waals surface area contributed by atoms with Gasteiger partial charge in [-0.1, -0.05) is 5.11 Å². The molecule has 0 radical (unpaired) electrons. The van der Waals surface area contributed by atoms with Crippen molar-refractivity contribution >= 4 is 11.9 Å². The van der Waals surface area contributed by atoms with Crippen LogP contribution in [-0.2, 0) is 0 Å². The van der Waals surface area contributed by atoms with E-state index in [9.17, 15) is 4.79 Å².